The lowest BCUT2D eigenvalue weighted by atomic mass is 9.55. The molecule has 178 valence electrons. The Morgan fingerprint density at radius 3 is 2.06 bits per heavy atom. The molecule has 4 aliphatic carbocycles. The number of hydrogen-bond acceptors (Lipinski definition) is 3. The first-order chi connectivity index (χ1) is 16.4. The zero-order chi connectivity index (χ0) is 24.1. The molecule has 0 aromatic heterocycles. The molecule has 3 nitrogen and oxygen atoms in total. The van der Waals surface area contributed by atoms with Gasteiger partial charge in [-0.2, -0.15) is 0 Å². The Hall–Kier alpha value is -3.07. The summed E-state index contributed by atoms with van der Waals surface area (Å²) in [5.41, 5.74) is 4.07. The third-order valence-electron chi connectivity index (χ3n) is 7.36. The van der Waals surface area contributed by atoms with Crippen LogP contribution in [-0.2, 0) is 9.53 Å². The monoisotopic (exact) mass is 456 g/mol. The second kappa shape index (κ2) is 10.9. The molecule has 0 spiro atoms. The summed E-state index contributed by atoms with van der Waals surface area (Å²) in [6.45, 7) is 7.49. The smallest absolute Gasteiger partial charge is 0.333 e. The fourth-order valence-corrected chi connectivity index (χ4v) is 5.98. The van der Waals surface area contributed by atoms with Gasteiger partial charge in [-0.25, -0.2) is 4.79 Å². The van der Waals surface area contributed by atoms with Crippen molar-refractivity contribution in [1.82, 2.24) is 0 Å². The minimum absolute atomic E-state index is 0.183. The number of hydrogen-bond donors (Lipinski definition) is 1. The number of carbonyl (C=O) groups excluding carboxylic acids is 1. The number of ether oxygens (including phenoxy) is 1. The predicted molar refractivity (Wildman–Crippen MR) is 139 cm³/mol. The standard InChI is InChI=1S/C17H16O.C14H20O2/c1-14-5-4-8-16(13-14)7-3-2-6-15-9-11-17(18)12-10-15;1-8(2)14(15)16-13-11-4-9-3-10(6-11)7-12(13)5-9/h2-13,18H,1H3;9-13H,1,3-7H2,2H3. The molecule has 3 heteroatoms. The van der Waals surface area contributed by atoms with Crippen LogP contribution in [0.1, 0.15) is 55.7 Å². The van der Waals surface area contributed by atoms with Crippen LogP contribution in [0.2, 0.25) is 0 Å². The molecule has 0 radical (unpaired) electrons. The molecule has 2 aromatic carbocycles. The molecule has 4 bridgehead atoms. The van der Waals surface area contributed by atoms with Gasteiger partial charge in [0.25, 0.3) is 0 Å². The molecule has 34 heavy (non-hydrogen) atoms. The van der Waals surface area contributed by atoms with Crippen molar-refractivity contribution >= 4 is 18.1 Å². The van der Waals surface area contributed by atoms with Crippen LogP contribution in [0.5, 0.6) is 5.75 Å². The first-order valence-electron chi connectivity index (χ1n) is 12.4. The normalized spacial score (nSPS) is 26.9. The minimum Gasteiger partial charge on any atom is -0.508 e. The Bertz CT molecular complexity index is 1030. The lowest BCUT2D eigenvalue weighted by Gasteiger charge is -2.53. The molecule has 4 saturated carbocycles. The Labute approximate surface area is 203 Å². The highest BCUT2D eigenvalue weighted by molar-refractivity contribution is 5.87. The molecule has 6 rings (SSSR count). The maximum Gasteiger partial charge on any atom is 0.333 e. The highest BCUT2D eigenvalue weighted by Crippen LogP contribution is 2.54. The zero-order valence-electron chi connectivity index (χ0n) is 20.3. The van der Waals surface area contributed by atoms with Crippen molar-refractivity contribution < 1.29 is 14.6 Å². The first-order valence-corrected chi connectivity index (χ1v) is 12.4. The van der Waals surface area contributed by atoms with Crippen molar-refractivity contribution in [3.05, 3.63) is 89.5 Å². The maximum atomic E-state index is 11.6. The summed E-state index contributed by atoms with van der Waals surface area (Å²) in [5, 5.41) is 9.16. The first kappa shape index (κ1) is 24.1. The number of phenolic OH excluding ortho intramolecular Hbond substituents is 1. The molecule has 0 heterocycles. The van der Waals surface area contributed by atoms with Crippen LogP contribution in [-0.4, -0.2) is 17.2 Å². The Morgan fingerprint density at radius 2 is 1.50 bits per heavy atom. The Kier molecular flexibility index (Phi) is 7.72. The summed E-state index contributed by atoms with van der Waals surface area (Å²) in [6, 6.07) is 15.5. The number of phenols is 1. The summed E-state index contributed by atoms with van der Waals surface area (Å²) in [5.74, 6) is 3.28. The average molecular weight is 457 g/mol. The Balaban J connectivity index is 0.000000162. The van der Waals surface area contributed by atoms with Crippen LogP contribution in [0.15, 0.2) is 72.8 Å². The van der Waals surface area contributed by atoms with Crippen molar-refractivity contribution in [2.45, 2.75) is 52.1 Å². The number of aromatic hydroxyl groups is 1. The third-order valence-corrected chi connectivity index (χ3v) is 7.36. The molecule has 0 atom stereocenters. The summed E-state index contributed by atoms with van der Waals surface area (Å²) in [6.07, 6.45) is 14.9. The fraction of sp³-hybridized carbons (Fsp3) is 0.387. The van der Waals surface area contributed by atoms with Crippen molar-refractivity contribution in [3.63, 3.8) is 0 Å². The fourth-order valence-electron chi connectivity index (χ4n) is 5.98. The lowest BCUT2D eigenvalue weighted by Crippen LogP contribution is -2.50. The van der Waals surface area contributed by atoms with Crippen LogP contribution in [0, 0.1) is 30.6 Å². The summed E-state index contributed by atoms with van der Waals surface area (Å²) in [7, 11) is 0. The van der Waals surface area contributed by atoms with Crippen LogP contribution >= 0.6 is 0 Å². The van der Waals surface area contributed by atoms with E-state index < -0.39 is 0 Å². The van der Waals surface area contributed by atoms with E-state index in [0.29, 0.717) is 23.2 Å². The van der Waals surface area contributed by atoms with E-state index in [2.05, 4.69) is 43.8 Å². The number of carbonyl (C=O) groups is 1. The van der Waals surface area contributed by atoms with E-state index in [0.717, 1.165) is 17.4 Å². The van der Waals surface area contributed by atoms with Gasteiger partial charge in [0, 0.05) is 5.57 Å². The molecule has 0 unspecified atom stereocenters. The molecular formula is C31H36O3. The lowest BCUT2D eigenvalue weighted by molar-refractivity contribution is -0.166. The summed E-state index contributed by atoms with van der Waals surface area (Å²) < 4.78 is 5.65. The van der Waals surface area contributed by atoms with Crippen molar-refractivity contribution in [2.75, 3.05) is 0 Å². The number of allylic oxidation sites excluding steroid dienone is 2. The largest absolute Gasteiger partial charge is 0.508 e. The number of aryl methyl sites for hydroxylation is 1. The highest BCUT2D eigenvalue weighted by Gasteiger charge is 2.49. The topological polar surface area (TPSA) is 46.5 Å². The second-order valence-electron chi connectivity index (χ2n) is 10.3. The van der Waals surface area contributed by atoms with E-state index in [9.17, 15) is 4.79 Å². The van der Waals surface area contributed by atoms with Gasteiger partial charge in [0.05, 0.1) is 0 Å². The second-order valence-corrected chi connectivity index (χ2v) is 10.3. The Morgan fingerprint density at radius 1 is 0.912 bits per heavy atom. The van der Waals surface area contributed by atoms with E-state index >= 15 is 0 Å². The van der Waals surface area contributed by atoms with Gasteiger partial charge >= 0.3 is 5.97 Å². The van der Waals surface area contributed by atoms with Gasteiger partial charge in [0.15, 0.2) is 0 Å². The van der Waals surface area contributed by atoms with E-state index in [4.69, 9.17) is 9.84 Å². The van der Waals surface area contributed by atoms with E-state index in [1.54, 1.807) is 19.1 Å². The number of benzene rings is 2. The van der Waals surface area contributed by atoms with Gasteiger partial charge in [-0.1, -0.05) is 72.8 Å². The molecular weight excluding hydrogens is 420 g/mol. The van der Waals surface area contributed by atoms with Gasteiger partial charge in [0.2, 0.25) is 0 Å². The van der Waals surface area contributed by atoms with Crippen LogP contribution < -0.4 is 0 Å². The predicted octanol–water partition coefficient (Wildman–Crippen LogP) is 7.36. The van der Waals surface area contributed by atoms with Crippen LogP contribution in [0.3, 0.4) is 0 Å². The molecule has 1 N–H and O–H groups in total. The third kappa shape index (κ3) is 6.28. The molecule has 0 amide bonds. The van der Waals surface area contributed by atoms with E-state index in [-0.39, 0.29) is 12.1 Å². The number of esters is 1. The van der Waals surface area contributed by atoms with E-state index in [1.165, 1.54) is 43.2 Å². The van der Waals surface area contributed by atoms with Crippen molar-refractivity contribution in [2.24, 2.45) is 23.7 Å². The number of rotatable bonds is 5. The minimum atomic E-state index is -0.183. The quantitative estimate of drug-likeness (QED) is 0.290. The summed E-state index contributed by atoms with van der Waals surface area (Å²) >= 11 is 0. The summed E-state index contributed by atoms with van der Waals surface area (Å²) in [4.78, 5) is 11.6. The van der Waals surface area contributed by atoms with Gasteiger partial charge in [-0.15, -0.1) is 0 Å². The van der Waals surface area contributed by atoms with Gasteiger partial charge in [-0.3, -0.25) is 0 Å². The van der Waals surface area contributed by atoms with Crippen LogP contribution in [0.4, 0.5) is 0 Å². The molecule has 2 aromatic rings. The average Bonchev–Trinajstić information content (AvgIpc) is 2.80. The SMILES string of the molecule is C=C(C)C(=O)OC1C2CC3CC(C2)CC1C3.Cc1cccc(C=CC=Cc2ccc(O)cc2)c1. The molecule has 0 saturated heterocycles. The van der Waals surface area contributed by atoms with Gasteiger partial charge in [0.1, 0.15) is 11.9 Å². The molecule has 4 fully saturated rings. The van der Waals surface area contributed by atoms with Gasteiger partial charge in [-0.05, 0) is 92.9 Å². The van der Waals surface area contributed by atoms with E-state index in [1.807, 2.05) is 30.4 Å². The van der Waals surface area contributed by atoms with Crippen molar-refractivity contribution in [3.8, 4) is 5.75 Å². The highest BCUT2D eigenvalue weighted by atomic mass is 16.5. The van der Waals surface area contributed by atoms with Crippen molar-refractivity contribution in [1.29, 1.82) is 0 Å². The van der Waals surface area contributed by atoms with Crippen LogP contribution in [0.25, 0.3) is 12.2 Å². The molecule has 0 aliphatic heterocycles. The maximum absolute atomic E-state index is 11.6. The van der Waals surface area contributed by atoms with Gasteiger partial charge < -0.3 is 9.84 Å². The molecule has 4 aliphatic rings. The zero-order valence-corrected chi connectivity index (χ0v) is 20.3.